The summed E-state index contributed by atoms with van der Waals surface area (Å²) in [5, 5.41) is 5.28. The Morgan fingerprint density at radius 2 is 1.62 bits per heavy atom. The predicted molar refractivity (Wildman–Crippen MR) is 81.2 cm³/mol. The minimum absolute atomic E-state index is 0.323. The van der Waals surface area contributed by atoms with Gasteiger partial charge in [0.25, 0.3) is 0 Å². The van der Waals surface area contributed by atoms with Crippen molar-refractivity contribution >= 4 is 10.8 Å². The Balaban J connectivity index is 2.18. The number of hydrogen-bond donors (Lipinski definition) is 1. The van der Waals surface area contributed by atoms with E-state index in [0.29, 0.717) is 5.56 Å². The van der Waals surface area contributed by atoms with Crippen molar-refractivity contribution in [2.75, 3.05) is 7.05 Å². The number of rotatable bonds is 3. The molecule has 1 nitrogen and oxygen atoms in total. The molecule has 0 fully saturated rings. The fraction of sp³-hybridized carbons (Fsp3) is 0.111. The van der Waals surface area contributed by atoms with Crippen LogP contribution in [0.15, 0.2) is 60.7 Å². The average molecular weight is 283 g/mol. The van der Waals surface area contributed by atoms with Crippen molar-refractivity contribution in [3.8, 4) is 0 Å². The molecule has 1 unspecified atom stereocenters. The fourth-order valence-corrected chi connectivity index (χ4v) is 2.72. The zero-order valence-electron chi connectivity index (χ0n) is 11.6. The molecule has 0 heterocycles. The molecule has 3 heteroatoms. The normalized spacial score (nSPS) is 12.5. The highest BCUT2D eigenvalue weighted by Crippen LogP contribution is 2.30. The lowest BCUT2D eigenvalue weighted by atomic mass is 9.93. The van der Waals surface area contributed by atoms with Gasteiger partial charge < -0.3 is 5.32 Å². The largest absolute Gasteiger partial charge is 0.309 e. The molecule has 0 aliphatic heterocycles. The van der Waals surface area contributed by atoms with Crippen LogP contribution in [0, 0.1) is 11.6 Å². The Kier molecular flexibility index (Phi) is 3.67. The van der Waals surface area contributed by atoms with Gasteiger partial charge in [0, 0.05) is 11.6 Å². The topological polar surface area (TPSA) is 12.0 Å². The van der Waals surface area contributed by atoms with Crippen LogP contribution < -0.4 is 5.32 Å². The Morgan fingerprint density at radius 3 is 2.38 bits per heavy atom. The SMILES string of the molecule is CNC(c1ccc(F)cc1F)c1cccc2ccccc12. The molecule has 3 aromatic carbocycles. The predicted octanol–water partition coefficient (Wildman–Crippen LogP) is 4.43. The summed E-state index contributed by atoms with van der Waals surface area (Å²) in [5.41, 5.74) is 1.41. The summed E-state index contributed by atoms with van der Waals surface area (Å²) in [6.07, 6.45) is 0. The van der Waals surface area contributed by atoms with E-state index < -0.39 is 11.6 Å². The van der Waals surface area contributed by atoms with Gasteiger partial charge in [-0.1, -0.05) is 48.5 Å². The second-order valence-corrected chi connectivity index (χ2v) is 4.96. The summed E-state index contributed by atoms with van der Waals surface area (Å²) < 4.78 is 27.2. The van der Waals surface area contributed by atoms with Crippen LogP contribution >= 0.6 is 0 Å². The zero-order valence-corrected chi connectivity index (χ0v) is 11.6. The number of halogens is 2. The summed E-state index contributed by atoms with van der Waals surface area (Å²) in [6.45, 7) is 0. The van der Waals surface area contributed by atoms with Gasteiger partial charge in [-0.3, -0.25) is 0 Å². The van der Waals surface area contributed by atoms with Crippen molar-refractivity contribution < 1.29 is 8.78 Å². The molecule has 0 spiro atoms. The highest BCUT2D eigenvalue weighted by Gasteiger charge is 2.18. The molecule has 3 aromatic rings. The van der Waals surface area contributed by atoms with E-state index in [1.54, 1.807) is 7.05 Å². The molecular formula is C18H15F2N. The molecule has 0 amide bonds. The zero-order chi connectivity index (χ0) is 14.8. The first-order valence-electron chi connectivity index (χ1n) is 6.80. The van der Waals surface area contributed by atoms with E-state index in [4.69, 9.17) is 0 Å². The monoisotopic (exact) mass is 283 g/mol. The van der Waals surface area contributed by atoms with Gasteiger partial charge in [-0.25, -0.2) is 8.78 Å². The molecule has 0 aliphatic carbocycles. The highest BCUT2D eigenvalue weighted by molar-refractivity contribution is 5.86. The van der Waals surface area contributed by atoms with Crippen LogP contribution in [0.2, 0.25) is 0 Å². The molecule has 0 aromatic heterocycles. The standard InChI is InChI=1S/C18H15F2N/c1-21-18(16-10-9-13(19)11-17(16)20)15-8-4-6-12-5-2-3-7-14(12)15/h2-11,18,21H,1H3. The lowest BCUT2D eigenvalue weighted by Crippen LogP contribution is -2.19. The molecule has 0 saturated carbocycles. The van der Waals surface area contributed by atoms with Gasteiger partial charge in [0.2, 0.25) is 0 Å². The van der Waals surface area contributed by atoms with Gasteiger partial charge in [-0.2, -0.15) is 0 Å². The third-order valence-corrected chi connectivity index (χ3v) is 3.70. The van der Waals surface area contributed by atoms with Gasteiger partial charge >= 0.3 is 0 Å². The van der Waals surface area contributed by atoms with Crippen LogP contribution in [0.5, 0.6) is 0 Å². The molecule has 0 radical (unpaired) electrons. The second-order valence-electron chi connectivity index (χ2n) is 4.96. The van der Waals surface area contributed by atoms with Crippen molar-refractivity contribution in [3.05, 3.63) is 83.4 Å². The van der Waals surface area contributed by atoms with Gasteiger partial charge in [-0.05, 0) is 29.4 Å². The molecule has 1 N–H and O–H groups in total. The van der Waals surface area contributed by atoms with Gasteiger partial charge in [0.15, 0.2) is 0 Å². The number of nitrogens with one attached hydrogen (secondary N) is 1. The summed E-state index contributed by atoms with van der Waals surface area (Å²) in [4.78, 5) is 0. The molecular weight excluding hydrogens is 268 g/mol. The van der Waals surface area contributed by atoms with Crippen molar-refractivity contribution in [1.29, 1.82) is 0 Å². The van der Waals surface area contributed by atoms with Crippen LogP contribution in [-0.2, 0) is 0 Å². The third-order valence-electron chi connectivity index (χ3n) is 3.70. The van der Waals surface area contributed by atoms with Crippen LogP contribution in [0.1, 0.15) is 17.2 Å². The van der Waals surface area contributed by atoms with E-state index in [1.165, 1.54) is 12.1 Å². The van der Waals surface area contributed by atoms with Gasteiger partial charge in [0.1, 0.15) is 11.6 Å². The first kappa shape index (κ1) is 13.7. The summed E-state index contributed by atoms with van der Waals surface area (Å²) in [6, 6.07) is 17.3. The Bertz CT molecular complexity index is 778. The van der Waals surface area contributed by atoms with Crippen LogP contribution in [0.4, 0.5) is 8.78 Å². The van der Waals surface area contributed by atoms with Crippen molar-refractivity contribution in [1.82, 2.24) is 5.32 Å². The maximum atomic E-state index is 14.1. The van der Waals surface area contributed by atoms with E-state index >= 15 is 0 Å². The smallest absolute Gasteiger partial charge is 0.131 e. The second kappa shape index (κ2) is 5.62. The number of benzene rings is 3. The molecule has 0 saturated heterocycles. The van der Waals surface area contributed by atoms with Crippen molar-refractivity contribution in [2.45, 2.75) is 6.04 Å². The van der Waals surface area contributed by atoms with E-state index in [9.17, 15) is 8.78 Å². The maximum Gasteiger partial charge on any atom is 0.131 e. The van der Waals surface area contributed by atoms with E-state index in [2.05, 4.69) is 5.32 Å². The maximum absolute atomic E-state index is 14.1. The average Bonchev–Trinajstić information content (AvgIpc) is 2.50. The quantitative estimate of drug-likeness (QED) is 0.750. The lowest BCUT2D eigenvalue weighted by Gasteiger charge is -2.20. The molecule has 0 aliphatic rings. The Labute approximate surface area is 122 Å². The van der Waals surface area contributed by atoms with Crippen LogP contribution in [0.25, 0.3) is 10.8 Å². The van der Waals surface area contributed by atoms with E-state index in [-0.39, 0.29) is 6.04 Å². The van der Waals surface area contributed by atoms with E-state index in [0.717, 1.165) is 22.4 Å². The third kappa shape index (κ3) is 2.52. The number of fused-ring (bicyclic) bond motifs is 1. The first-order chi connectivity index (χ1) is 10.2. The van der Waals surface area contributed by atoms with Crippen molar-refractivity contribution in [3.63, 3.8) is 0 Å². The van der Waals surface area contributed by atoms with Crippen LogP contribution in [-0.4, -0.2) is 7.05 Å². The van der Waals surface area contributed by atoms with Crippen molar-refractivity contribution in [2.24, 2.45) is 0 Å². The molecule has 1 atom stereocenters. The summed E-state index contributed by atoms with van der Waals surface area (Å²) in [7, 11) is 1.77. The molecule has 3 rings (SSSR count). The first-order valence-corrected chi connectivity index (χ1v) is 6.80. The molecule has 106 valence electrons. The van der Waals surface area contributed by atoms with E-state index in [1.807, 2.05) is 42.5 Å². The Hall–Kier alpha value is -2.26. The van der Waals surface area contributed by atoms with Gasteiger partial charge in [-0.15, -0.1) is 0 Å². The Morgan fingerprint density at radius 1 is 0.857 bits per heavy atom. The number of hydrogen-bond acceptors (Lipinski definition) is 1. The van der Waals surface area contributed by atoms with Gasteiger partial charge in [0.05, 0.1) is 6.04 Å². The minimum Gasteiger partial charge on any atom is -0.309 e. The molecule has 0 bridgehead atoms. The summed E-state index contributed by atoms with van der Waals surface area (Å²) >= 11 is 0. The van der Waals surface area contributed by atoms with Crippen LogP contribution in [0.3, 0.4) is 0 Å². The summed E-state index contributed by atoms with van der Waals surface area (Å²) in [5.74, 6) is -1.11. The fourth-order valence-electron chi connectivity index (χ4n) is 2.72. The minimum atomic E-state index is -0.566. The lowest BCUT2D eigenvalue weighted by molar-refractivity contribution is 0.552. The highest BCUT2D eigenvalue weighted by atomic mass is 19.1. The molecule has 21 heavy (non-hydrogen) atoms.